The second-order valence-electron chi connectivity index (χ2n) is 6.24. The molecule has 0 radical (unpaired) electrons. The Labute approximate surface area is 174 Å². The summed E-state index contributed by atoms with van der Waals surface area (Å²) in [7, 11) is 0. The lowest BCUT2D eigenvalue weighted by Gasteiger charge is -2.09. The number of esters is 1. The van der Waals surface area contributed by atoms with Crippen molar-refractivity contribution in [2.75, 3.05) is 6.61 Å². The third-order valence-electron chi connectivity index (χ3n) is 4.11. The first-order chi connectivity index (χ1) is 14.1. The summed E-state index contributed by atoms with van der Waals surface area (Å²) in [6, 6.07) is 23.6. The molecule has 0 aliphatic heterocycles. The van der Waals surface area contributed by atoms with Gasteiger partial charge in [0.05, 0.1) is 5.56 Å². The Kier molecular flexibility index (Phi) is 7.25. The fraction of sp³-hybridized carbons (Fsp3) is 0.130. The first-order valence-electron chi connectivity index (χ1n) is 9.06. The molecule has 0 spiro atoms. The molecule has 29 heavy (non-hydrogen) atoms. The van der Waals surface area contributed by atoms with Crippen molar-refractivity contribution in [1.82, 2.24) is 5.32 Å². The molecule has 0 bridgehead atoms. The van der Waals surface area contributed by atoms with E-state index < -0.39 is 11.9 Å². The standard InChI is InChI=1S/C23H20ClNO4/c24-21-9-5-4-6-19(21)14-25-22(26)16-29-23(27)18-12-10-17(11-13-18)15-28-20-7-2-1-3-8-20/h1-13H,14-16H2,(H,25,26). The van der Waals surface area contributed by atoms with Gasteiger partial charge in [0, 0.05) is 11.6 Å². The van der Waals surface area contributed by atoms with Crippen molar-refractivity contribution >= 4 is 23.5 Å². The van der Waals surface area contributed by atoms with Gasteiger partial charge in [0.25, 0.3) is 5.91 Å². The summed E-state index contributed by atoms with van der Waals surface area (Å²) < 4.78 is 10.7. The highest BCUT2D eigenvalue weighted by Crippen LogP contribution is 2.14. The molecule has 1 amide bonds. The lowest BCUT2D eigenvalue weighted by molar-refractivity contribution is -0.124. The van der Waals surface area contributed by atoms with E-state index in [2.05, 4.69) is 5.32 Å². The Morgan fingerprint density at radius 3 is 2.28 bits per heavy atom. The number of halogens is 1. The number of nitrogens with one attached hydrogen (secondary N) is 1. The third-order valence-corrected chi connectivity index (χ3v) is 4.48. The van der Waals surface area contributed by atoms with Crippen LogP contribution in [0.5, 0.6) is 5.75 Å². The smallest absolute Gasteiger partial charge is 0.338 e. The van der Waals surface area contributed by atoms with Gasteiger partial charge in [-0.1, -0.05) is 60.1 Å². The average Bonchev–Trinajstić information content (AvgIpc) is 2.76. The van der Waals surface area contributed by atoms with Gasteiger partial charge in [-0.25, -0.2) is 4.79 Å². The van der Waals surface area contributed by atoms with Crippen LogP contribution in [-0.4, -0.2) is 18.5 Å². The van der Waals surface area contributed by atoms with E-state index in [1.54, 1.807) is 30.3 Å². The molecule has 1 N–H and O–H groups in total. The maximum absolute atomic E-state index is 12.1. The summed E-state index contributed by atoms with van der Waals surface area (Å²) in [4.78, 5) is 24.0. The highest BCUT2D eigenvalue weighted by Gasteiger charge is 2.11. The number of hydrogen-bond donors (Lipinski definition) is 1. The minimum Gasteiger partial charge on any atom is -0.489 e. The van der Waals surface area contributed by atoms with Crippen LogP contribution in [0.3, 0.4) is 0 Å². The molecular formula is C23H20ClNO4. The van der Waals surface area contributed by atoms with E-state index >= 15 is 0 Å². The molecule has 6 heteroatoms. The fourth-order valence-corrected chi connectivity index (χ4v) is 2.72. The van der Waals surface area contributed by atoms with E-state index in [0.29, 0.717) is 17.2 Å². The van der Waals surface area contributed by atoms with Crippen LogP contribution >= 0.6 is 11.6 Å². The molecular weight excluding hydrogens is 390 g/mol. The van der Waals surface area contributed by atoms with Crippen molar-refractivity contribution in [2.24, 2.45) is 0 Å². The molecule has 0 atom stereocenters. The lowest BCUT2D eigenvalue weighted by Crippen LogP contribution is -2.28. The Hall–Kier alpha value is -3.31. The van der Waals surface area contributed by atoms with Gasteiger partial charge in [0.1, 0.15) is 12.4 Å². The van der Waals surface area contributed by atoms with E-state index in [9.17, 15) is 9.59 Å². The Morgan fingerprint density at radius 2 is 1.55 bits per heavy atom. The van der Waals surface area contributed by atoms with Crippen molar-refractivity contribution in [1.29, 1.82) is 0 Å². The number of para-hydroxylation sites is 1. The zero-order valence-corrected chi connectivity index (χ0v) is 16.4. The fourth-order valence-electron chi connectivity index (χ4n) is 2.52. The molecule has 0 aromatic heterocycles. The minimum atomic E-state index is -0.562. The molecule has 148 valence electrons. The van der Waals surface area contributed by atoms with Crippen molar-refractivity contribution in [3.05, 3.63) is 101 Å². The van der Waals surface area contributed by atoms with Crippen molar-refractivity contribution < 1.29 is 19.1 Å². The summed E-state index contributed by atoms with van der Waals surface area (Å²) in [5.41, 5.74) is 2.08. The second-order valence-corrected chi connectivity index (χ2v) is 6.65. The molecule has 0 unspecified atom stereocenters. The van der Waals surface area contributed by atoms with E-state index in [0.717, 1.165) is 16.9 Å². The second kappa shape index (κ2) is 10.3. The number of rotatable bonds is 8. The summed E-state index contributed by atoms with van der Waals surface area (Å²) in [6.45, 7) is 0.304. The van der Waals surface area contributed by atoms with Crippen LogP contribution in [-0.2, 0) is 22.7 Å². The molecule has 0 saturated carbocycles. The van der Waals surface area contributed by atoms with Crippen LogP contribution in [0.2, 0.25) is 5.02 Å². The third kappa shape index (κ3) is 6.36. The van der Waals surface area contributed by atoms with Crippen molar-refractivity contribution in [3.63, 3.8) is 0 Å². The lowest BCUT2D eigenvalue weighted by atomic mass is 10.1. The summed E-state index contributed by atoms with van der Waals surface area (Å²) in [5.74, 6) is -0.182. The molecule has 3 aromatic rings. The van der Waals surface area contributed by atoms with Crippen LogP contribution in [0.4, 0.5) is 0 Å². The molecule has 3 rings (SSSR count). The maximum atomic E-state index is 12.1. The monoisotopic (exact) mass is 409 g/mol. The SMILES string of the molecule is O=C(COC(=O)c1ccc(COc2ccccc2)cc1)NCc1ccccc1Cl. The average molecular weight is 410 g/mol. The minimum absolute atomic E-state index is 0.270. The number of benzene rings is 3. The molecule has 0 aliphatic carbocycles. The number of ether oxygens (including phenoxy) is 2. The molecule has 0 saturated heterocycles. The number of carbonyl (C=O) groups is 2. The molecule has 0 aliphatic rings. The highest BCUT2D eigenvalue weighted by molar-refractivity contribution is 6.31. The van der Waals surface area contributed by atoms with Gasteiger partial charge in [-0.15, -0.1) is 0 Å². The normalized spacial score (nSPS) is 10.2. The van der Waals surface area contributed by atoms with E-state index in [-0.39, 0.29) is 13.2 Å². The van der Waals surface area contributed by atoms with Gasteiger partial charge in [-0.2, -0.15) is 0 Å². The Bertz CT molecular complexity index is 958. The highest BCUT2D eigenvalue weighted by atomic mass is 35.5. The summed E-state index contributed by atoms with van der Waals surface area (Å²) >= 11 is 6.04. The Morgan fingerprint density at radius 1 is 0.862 bits per heavy atom. The summed E-state index contributed by atoms with van der Waals surface area (Å²) in [5, 5.41) is 3.24. The Balaban J connectivity index is 1.43. The van der Waals surface area contributed by atoms with Gasteiger partial charge in [0.2, 0.25) is 0 Å². The molecule has 5 nitrogen and oxygen atoms in total. The molecule has 3 aromatic carbocycles. The van der Waals surface area contributed by atoms with Crippen LogP contribution in [0.1, 0.15) is 21.5 Å². The van der Waals surface area contributed by atoms with Crippen LogP contribution < -0.4 is 10.1 Å². The first-order valence-corrected chi connectivity index (χ1v) is 9.43. The van der Waals surface area contributed by atoms with Crippen LogP contribution in [0.15, 0.2) is 78.9 Å². The van der Waals surface area contributed by atoms with Gasteiger partial charge >= 0.3 is 5.97 Å². The van der Waals surface area contributed by atoms with Gasteiger partial charge in [-0.05, 0) is 41.5 Å². The molecule has 0 heterocycles. The quantitative estimate of drug-likeness (QED) is 0.560. The zero-order chi connectivity index (χ0) is 20.5. The number of amides is 1. The van der Waals surface area contributed by atoms with Crippen molar-refractivity contribution in [3.8, 4) is 5.75 Å². The van der Waals surface area contributed by atoms with Crippen LogP contribution in [0, 0.1) is 0 Å². The zero-order valence-electron chi connectivity index (χ0n) is 15.6. The van der Waals surface area contributed by atoms with Crippen LogP contribution in [0.25, 0.3) is 0 Å². The van der Waals surface area contributed by atoms with Gasteiger partial charge in [0.15, 0.2) is 6.61 Å². The van der Waals surface area contributed by atoms with Gasteiger partial charge < -0.3 is 14.8 Å². The predicted molar refractivity (Wildman–Crippen MR) is 111 cm³/mol. The maximum Gasteiger partial charge on any atom is 0.338 e. The topological polar surface area (TPSA) is 64.6 Å². The van der Waals surface area contributed by atoms with Gasteiger partial charge in [-0.3, -0.25) is 4.79 Å². The van der Waals surface area contributed by atoms with E-state index in [1.807, 2.05) is 48.5 Å². The molecule has 0 fully saturated rings. The predicted octanol–water partition coefficient (Wildman–Crippen LogP) is 4.39. The van der Waals surface area contributed by atoms with E-state index in [1.165, 1.54) is 0 Å². The summed E-state index contributed by atoms with van der Waals surface area (Å²) in [6.07, 6.45) is 0. The number of hydrogen-bond acceptors (Lipinski definition) is 4. The van der Waals surface area contributed by atoms with Crippen molar-refractivity contribution in [2.45, 2.75) is 13.2 Å². The largest absolute Gasteiger partial charge is 0.489 e. The number of carbonyl (C=O) groups excluding carboxylic acids is 2. The van der Waals surface area contributed by atoms with E-state index in [4.69, 9.17) is 21.1 Å². The first kappa shape index (κ1) is 20.4.